The predicted octanol–water partition coefficient (Wildman–Crippen LogP) is 3.91. The SMILES string of the molecule is CC(C)Oc1ccc2c(c1)C(=O)C[C@H](c1ccc3c(c1)OCO3)O2. The Hall–Kier alpha value is -2.69. The van der Waals surface area contributed by atoms with Crippen molar-refractivity contribution in [2.24, 2.45) is 0 Å². The van der Waals surface area contributed by atoms with E-state index >= 15 is 0 Å². The van der Waals surface area contributed by atoms with Crippen LogP contribution in [-0.4, -0.2) is 18.7 Å². The van der Waals surface area contributed by atoms with E-state index in [9.17, 15) is 4.79 Å². The van der Waals surface area contributed by atoms with Crippen molar-refractivity contribution in [1.29, 1.82) is 0 Å². The third kappa shape index (κ3) is 2.66. The minimum absolute atomic E-state index is 0.0492. The van der Waals surface area contributed by atoms with E-state index in [1.807, 2.05) is 38.1 Å². The summed E-state index contributed by atoms with van der Waals surface area (Å²) in [4.78, 5) is 12.5. The molecule has 0 saturated heterocycles. The first-order chi connectivity index (χ1) is 11.6. The molecule has 0 spiro atoms. The van der Waals surface area contributed by atoms with Gasteiger partial charge in [-0.1, -0.05) is 6.07 Å². The van der Waals surface area contributed by atoms with Crippen molar-refractivity contribution in [2.45, 2.75) is 32.5 Å². The number of ether oxygens (including phenoxy) is 4. The summed E-state index contributed by atoms with van der Waals surface area (Å²) in [6.07, 6.45) is 0.0260. The van der Waals surface area contributed by atoms with Gasteiger partial charge in [0.25, 0.3) is 0 Å². The van der Waals surface area contributed by atoms with Crippen molar-refractivity contribution in [3.63, 3.8) is 0 Å². The molecule has 124 valence electrons. The number of hydrogen-bond acceptors (Lipinski definition) is 5. The smallest absolute Gasteiger partial charge is 0.231 e. The molecular weight excluding hydrogens is 308 g/mol. The van der Waals surface area contributed by atoms with Crippen LogP contribution < -0.4 is 18.9 Å². The number of fused-ring (bicyclic) bond motifs is 2. The zero-order valence-corrected chi connectivity index (χ0v) is 13.6. The molecular formula is C19H18O5. The van der Waals surface area contributed by atoms with Gasteiger partial charge >= 0.3 is 0 Å². The van der Waals surface area contributed by atoms with E-state index in [1.165, 1.54) is 0 Å². The lowest BCUT2D eigenvalue weighted by molar-refractivity contribution is 0.0848. The van der Waals surface area contributed by atoms with E-state index in [0.717, 1.165) is 11.3 Å². The molecule has 0 unspecified atom stereocenters. The number of carbonyl (C=O) groups is 1. The first kappa shape index (κ1) is 14.9. The van der Waals surface area contributed by atoms with Gasteiger partial charge in [-0.2, -0.15) is 0 Å². The summed E-state index contributed by atoms with van der Waals surface area (Å²) in [6.45, 7) is 4.13. The normalized spacial score (nSPS) is 18.3. The molecule has 5 heteroatoms. The molecule has 0 amide bonds. The van der Waals surface area contributed by atoms with E-state index in [2.05, 4.69) is 0 Å². The zero-order valence-electron chi connectivity index (χ0n) is 13.6. The Morgan fingerprint density at radius 2 is 1.83 bits per heavy atom. The quantitative estimate of drug-likeness (QED) is 0.856. The molecule has 0 aliphatic carbocycles. The summed E-state index contributed by atoms with van der Waals surface area (Å²) in [6, 6.07) is 11.0. The van der Waals surface area contributed by atoms with Gasteiger partial charge < -0.3 is 18.9 Å². The minimum Gasteiger partial charge on any atom is -0.491 e. The molecule has 4 rings (SSSR count). The van der Waals surface area contributed by atoms with Gasteiger partial charge in [-0.05, 0) is 49.7 Å². The Labute approximate surface area is 140 Å². The van der Waals surface area contributed by atoms with Crippen LogP contribution in [0.15, 0.2) is 36.4 Å². The van der Waals surface area contributed by atoms with Gasteiger partial charge in [0.15, 0.2) is 17.3 Å². The zero-order chi connectivity index (χ0) is 16.7. The van der Waals surface area contributed by atoms with Gasteiger partial charge in [-0.25, -0.2) is 0 Å². The predicted molar refractivity (Wildman–Crippen MR) is 87.1 cm³/mol. The van der Waals surface area contributed by atoms with Crippen molar-refractivity contribution < 1.29 is 23.7 Å². The van der Waals surface area contributed by atoms with E-state index in [0.29, 0.717) is 22.8 Å². The summed E-state index contributed by atoms with van der Waals surface area (Å²) in [5.74, 6) is 2.73. The average molecular weight is 326 g/mol. The second kappa shape index (κ2) is 5.74. The van der Waals surface area contributed by atoms with Crippen LogP contribution >= 0.6 is 0 Å². The largest absolute Gasteiger partial charge is 0.491 e. The molecule has 2 aliphatic heterocycles. The number of hydrogen-bond donors (Lipinski definition) is 0. The maximum absolute atomic E-state index is 12.5. The molecule has 0 N–H and O–H groups in total. The number of benzene rings is 2. The van der Waals surface area contributed by atoms with Crippen LogP contribution in [0.25, 0.3) is 0 Å². The highest BCUT2D eigenvalue weighted by molar-refractivity contribution is 6.00. The van der Waals surface area contributed by atoms with Crippen LogP contribution in [0.2, 0.25) is 0 Å². The molecule has 0 fully saturated rings. The van der Waals surface area contributed by atoms with Gasteiger partial charge in [0.05, 0.1) is 18.1 Å². The molecule has 2 aromatic rings. The number of rotatable bonds is 3. The van der Waals surface area contributed by atoms with Crippen LogP contribution in [-0.2, 0) is 0 Å². The fourth-order valence-corrected chi connectivity index (χ4v) is 2.95. The highest BCUT2D eigenvalue weighted by Gasteiger charge is 2.29. The Morgan fingerprint density at radius 1 is 1.04 bits per heavy atom. The Kier molecular flexibility index (Phi) is 3.56. The summed E-state index contributed by atoms with van der Waals surface area (Å²) in [7, 11) is 0. The average Bonchev–Trinajstić information content (AvgIpc) is 3.02. The first-order valence-electron chi connectivity index (χ1n) is 8.00. The van der Waals surface area contributed by atoms with Crippen LogP contribution in [0.1, 0.15) is 42.3 Å². The van der Waals surface area contributed by atoms with Crippen LogP contribution in [0.3, 0.4) is 0 Å². The van der Waals surface area contributed by atoms with Gasteiger partial charge in [0, 0.05) is 0 Å². The molecule has 0 saturated carbocycles. The van der Waals surface area contributed by atoms with Crippen molar-refractivity contribution >= 4 is 5.78 Å². The standard InChI is InChI=1S/C19H18O5/c1-11(2)23-13-4-6-16-14(8-13)15(20)9-18(24-16)12-3-5-17-19(7-12)22-10-21-17/h3-8,11,18H,9-10H2,1-2H3/t18-/m1/s1. The van der Waals surface area contributed by atoms with E-state index in [4.69, 9.17) is 18.9 Å². The van der Waals surface area contributed by atoms with Gasteiger partial charge in [0.2, 0.25) is 6.79 Å². The number of carbonyl (C=O) groups excluding carboxylic acids is 1. The molecule has 0 radical (unpaired) electrons. The highest BCUT2D eigenvalue weighted by Crippen LogP contribution is 2.40. The van der Waals surface area contributed by atoms with E-state index in [-0.39, 0.29) is 31.2 Å². The molecule has 2 heterocycles. The lowest BCUT2D eigenvalue weighted by Crippen LogP contribution is -2.20. The first-order valence-corrected chi connectivity index (χ1v) is 8.00. The third-order valence-electron chi connectivity index (χ3n) is 4.03. The third-order valence-corrected chi connectivity index (χ3v) is 4.03. The van der Waals surface area contributed by atoms with Gasteiger partial charge in [0.1, 0.15) is 17.6 Å². The summed E-state index contributed by atoms with van der Waals surface area (Å²) >= 11 is 0. The molecule has 2 aliphatic rings. The Bertz CT molecular complexity index is 796. The Balaban J connectivity index is 1.61. The van der Waals surface area contributed by atoms with Crippen LogP contribution in [0.4, 0.5) is 0 Å². The number of ketones is 1. The maximum atomic E-state index is 12.5. The molecule has 1 atom stereocenters. The van der Waals surface area contributed by atoms with Crippen LogP contribution in [0, 0.1) is 0 Å². The lowest BCUT2D eigenvalue weighted by Gasteiger charge is -2.26. The monoisotopic (exact) mass is 326 g/mol. The summed E-state index contributed by atoms with van der Waals surface area (Å²) in [5.41, 5.74) is 1.48. The number of Topliss-reactive ketones (excluding diaryl/α,β-unsaturated/α-hetero) is 1. The summed E-state index contributed by atoms with van der Waals surface area (Å²) < 4.78 is 22.4. The minimum atomic E-state index is -0.323. The second-order valence-corrected chi connectivity index (χ2v) is 6.17. The van der Waals surface area contributed by atoms with Crippen molar-refractivity contribution in [1.82, 2.24) is 0 Å². The molecule has 24 heavy (non-hydrogen) atoms. The molecule has 5 nitrogen and oxygen atoms in total. The van der Waals surface area contributed by atoms with E-state index < -0.39 is 0 Å². The molecule has 0 bridgehead atoms. The lowest BCUT2D eigenvalue weighted by atomic mass is 9.96. The topological polar surface area (TPSA) is 54.0 Å². The highest BCUT2D eigenvalue weighted by atomic mass is 16.7. The van der Waals surface area contributed by atoms with E-state index in [1.54, 1.807) is 12.1 Å². The molecule has 0 aromatic heterocycles. The van der Waals surface area contributed by atoms with Crippen molar-refractivity contribution in [3.8, 4) is 23.0 Å². The fraction of sp³-hybridized carbons (Fsp3) is 0.316. The maximum Gasteiger partial charge on any atom is 0.231 e. The Morgan fingerprint density at radius 3 is 2.67 bits per heavy atom. The summed E-state index contributed by atoms with van der Waals surface area (Å²) in [5, 5.41) is 0. The van der Waals surface area contributed by atoms with Crippen molar-refractivity contribution in [3.05, 3.63) is 47.5 Å². The fourth-order valence-electron chi connectivity index (χ4n) is 2.95. The van der Waals surface area contributed by atoms with Crippen molar-refractivity contribution in [2.75, 3.05) is 6.79 Å². The van der Waals surface area contributed by atoms with Gasteiger partial charge in [-0.15, -0.1) is 0 Å². The van der Waals surface area contributed by atoms with Crippen LogP contribution in [0.5, 0.6) is 23.0 Å². The van der Waals surface area contributed by atoms with Gasteiger partial charge in [-0.3, -0.25) is 4.79 Å². The second-order valence-electron chi connectivity index (χ2n) is 6.17. The molecule has 2 aromatic carbocycles.